The Kier molecular flexibility index (Phi) is 6.98. The summed E-state index contributed by atoms with van der Waals surface area (Å²) >= 11 is 0. The van der Waals surface area contributed by atoms with E-state index in [4.69, 9.17) is 23.7 Å². The number of rotatable bonds is 7. The highest BCUT2D eigenvalue weighted by atomic mass is 16.6. The Bertz CT molecular complexity index is 477. The average molecular weight is 324 g/mol. The quantitative estimate of drug-likeness (QED) is 0.711. The Labute approximate surface area is 136 Å². The third-order valence-electron chi connectivity index (χ3n) is 3.77. The molecule has 1 saturated heterocycles. The minimum Gasteiger partial charge on any atom is -0.453 e. The van der Waals surface area contributed by atoms with Crippen LogP contribution in [-0.2, 0) is 23.7 Å². The van der Waals surface area contributed by atoms with Gasteiger partial charge in [0.25, 0.3) is 0 Å². The predicted octanol–water partition coefficient (Wildman–Crippen LogP) is 1.68. The first-order valence-corrected chi connectivity index (χ1v) is 7.72. The van der Waals surface area contributed by atoms with Crippen LogP contribution in [0.3, 0.4) is 0 Å². The lowest BCUT2D eigenvalue weighted by molar-refractivity contribution is -0.217. The van der Waals surface area contributed by atoms with E-state index in [1.807, 2.05) is 13.0 Å². The third kappa shape index (κ3) is 4.51. The molecule has 4 atom stereocenters. The largest absolute Gasteiger partial charge is 0.453 e. The number of esters is 1. The van der Waals surface area contributed by atoms with Crippen molar-refractivity contribution in [2.45, 2.75) is 31.3 Å². The molecule has 1 aliphatic rings. The summed E-state index contributed by atoms with van der Waals surface area (Å²) in [4.78, 5) is 12.4. The molecule has 0 radical (unpaired) electrons. The minimum atomic E-state index is -0.599. The van der Waals surface area contributed by atoms with Gasteiger partial charge in [0, 0.05) is 20.8 Å². The van der Waals surface area contributed by atoms with E-state index in [9.17, 15) is 4.79 Å². The highest BCUT2D eigenvalue weighted by Crippen LogP contribution is 2.24. The molecule has 128 valence electrons. The summed E-state index contributed by atoms with van der Waals surface area (Å²) in [5, 5.41) is 0. The molecule has 0 N–H and O–H groups in total. The van der Waals surface area contributed by atoms with Gasteiger partial charge in [-0.25, -0.2) is 4.79 Å². The molecule has 0 saturated carbocycles. The Morgan fingerprint density at radius 2 is 1.96 bits per heavy atom. The van der Waals surface area contributed by atoms with Gasteiger partial charge in [-0.2, -0.15) is 0 Å². The van der Waals surface area contributed by atoms with E-state index in [1.165, 1.54) is 0 Å². The summed E-state index contributed by atoms with van der Waals surface area (Å²) in [7, 11) is 3.16. The van der Waals surface area contributed by atoms with E-state index in [1.54, 1.807) is 38.5 Å². The van der Waals surface area contributed by atoms with Crippen molar-refractivity contribution < 1.29 is 28.5 Å². The van der Waals surface area contributed by atoms with Crippen LogP contribution in [-0.4, -0.2) is 64.4 Å². The maximum atomic E-state index is 12.4. The van der Waals surface area contributed by atoms with Crippen LogP contribution in [0.4, 0.5) is 0 Å². The van der Waals surface area contributed by atoms with Gasteiger partial charge in [0.2, 0.25) is 0 Å². The Morgan fingerprint density at radius 1 is 1.22 bits per heavy atom. The second kappa shape index (κ2) is 8.98. The lowest BCUT2D eigenvalue weighted by Gasteiger charge is -2.40. The molecule has 6 nitrogen and oxygen atoms in total. The van der Waals surface area contributed by atoms with Crippen LogP contribution in [0.2, 0.25) is 0 Å². The zero-order chi connectivity index (χ0) is 16.7. The van der Waals surface area contributed by atoms with Crippen LogP contribution in [0.15, 0.2) is 30.3 Å². The lowest BCUT2D eigenvalue weighted by Crippen LogP contribution is -2.57. The molecule has 0 aromatic heterocycles. The van der Waals surface area contributed by atoms with Crippen molar-refractivity contribution in [3.8, 4) is 0 Å². The maximum Gasteiger partial charge on any atom is 0.338 e. The van der Waals surface area contributed by atoms with Crippen molar-refractivity contribution in [2.75, 3.05) is 34.0 Å². The molecule has 2 rings (SSSR count). The Balaban J connectivity index is 2.15. The second-order valence-electron chi connectivity index (χ2n) is 5.26. The smallest absolute Gasteiger partial charge is 0.338 e. The van der Waals surface area contributed by atoms with Crippen LogP contribution in [0.25, 0.3) is 0 Å². The van der Waals surface area contributed by atoms with E-state index >= 15 is 0 Å². The van der Waals surface area contributed by atoms with Crippen LogP contribution in [0.5, 0.6) is 0 Å². The molecule has 0 amide bonds. The topological polar surface area (TPSA) is 63.2 Å². The number of hydrogen-bond acceptors (Lipinski definition) is 6. The second-order valence-corrected chi connectivity index (χ2v) is 5.26. The number of methoxy groups -OCH3 is 2. The van der Waals surface area contributed by atoms with Crippen LogP contribution in [0.1, 0.15) is 17.3 Å². The average Bonchev–Trinajstić information content (AvgIpc) is 2.58. The summed E-state index contributed by atoms with van der Waals surface area (Å²) in [5.41, 5.74) is 0.483. The van der Waals surface area contributed by atoms with Gasteiger partial charge < -0.3 is 23.7 Å². The fourth-order valence-electron chi connectivity index (χ4n) is 2.69. The van der Waals surface area contributed by atoms with E-state index in [-0.39, 0.29) is 6.10 Å². The number of carbonyl (C=O) groups excluding carboxylic acids is 1. The molecule has 1 heterocycles. The van der Waals surface area contributed by atoms with Crippen LogP contribution in [0, 0.1) is 0 Å². The van der Waals surface area contributed by atoms with Gasteiger partial charge in [-0.15, -0.1) is 0 Å². The highest BCUT2D eigenvalue weighted by Gasteiger charge is 2.44. The standard InChI is InChI=1S/C17H24O6/c1-4-21-14-11-22-13(10-19-2)16(15(14)20-3)23-17(18)12-8-6-5-7-9-12/h5-9,13-16H,4,10-11H2,1-3H3/t13-,14+,15-,16-/m1/s1. The molecule has 0 aliphatic carbocycles. The number of hydrogen-bond donors (Lipinski definition) is 0. The summed E-state index contributed by atoms with van der Waals surface area (Å²) in [6, 6.07) is 8.84. The van der Waals surface area contributed by atoms with Gasteiger partial charge >= 0.3 is 5.97 Å². The fourth-order valence-corrected chi connectivity index (χ4v) is 2.69. The van der Waals surface area contributed by atoms with Crippen molar-refractivity contribution in [3.63, 3.8) is 0 Å². The van der Waals surface area contributed by atoms with Crippen molar-refractivity contribution in [1.82, 2.24) is 0 Å². The molecule has 1 aliphatic heterocycles. The SMILES string of the molecule is CCO[C@H]1CO[C@H](COC)[C@@H](OC(=O)c2ccccc2)[C@@H]1OC. The van der Waals surface area contributed by atoms with Crippen molar-refractivity contribution in [1.29, 1.82) is 0 Å². The predicted molar refractivity (Wildman–Crippen MR) is 83.5 cm³/mol. The maximum absolute atomic E-state index is 12.4. The molecule has 23 heavy (non-hydrogen) atoms. The molecule has 0 spiro atoms. The van der Waals surface area contributed by atoms with Crippen LogP contribution < -0.4 is 0 Å². The normalized spacial score (nSPS) is 27.6. The summed E-state index contributed by atoms with van der Waals surface area (Å²) in [6.07, 6.45) is -1.68. The number of benzene rings is 1. The van der Waals surface area contributed by atoms with Gasteiger partial charge in [0.15, 0.2) is 6.10 Å². The van der Waals surface area contributed by atoms with E-state index in [2.05, 4.69) is 0 Å². The van der Waals surface area contributed by atoms with E-state index in [0.717, 1.165) is 0 Å². The molecule has 0 unspecified atom stereocenters. The third-order valence-corrected chi connectivity index (χ3v) is 3.77. The van der Waals surface area contributed by atoms with Gasteiger partial charge in [0.1, 0.15) is 18.3 Å². The molecule has 1 aromatic rings. The van der Waals surface area contributed by atoms with Gasteiger partial charge in [-0.3, -0.25) is 0 Å². The summed E-state index contributed by atoms with van der Waals surface area (Å²) in [6.45, 7) is 3.12. The van der Waals surface area contributed by atoms with E-state index < -0.39 is 24.3 Å². The van der Waals surface area contributed by atoms with E-state index in [0.29, 0.717) is 25.4 Å². The highest BCUT2D eigenvalue weighted by molar-refractivity contribution is 5.89. The number of ether oxygens (including phenoxy) is 5. The van der Waals surface area contributed by atoms with Crippen LogP contribution >= 0.6 is 0 Å². The fraction of sp³-hybridized carbons (Fsp3) is 0.588. The first-order valence-electron chi connectivity index (χ1n) is 7.72. The molecule has 0 bridgehead atoms. The lowest BCUT2D eigenvalue weighted by atomic mass is 9.99. The first kappa shape index (κ1) is 17.9. The van der Waals surface area contributed by atoms with Gasteiger partial charge in [0.05, 0.1) is 18.8 Å². The zero-order valence-electron chi connectivity index (χ0n) is 13.8. The summed E-state index contributed by atoms with van der Waals surface area (Å²) < 4.78 is 27.8. The zero-order valence-corrected chi connectivity index (χ0v) is 13.8. The first-order chi connectivity index (χ1) is 11.2. The number of carbonyl (C=O) groups is 1. The monoisotopic (exact) mass is 324 g/mol. The molecular weight excluding hydrogens is 300 g/mol. The summed E-state index contributed by atoms with van der Waals surface area (Å²) in [5.74, 6) is -0.417. The Morgan fingerprint density at radius 3 is 2.57 bits per heavy atom. The van der Waals surface area contributed by atoms with Crippen molar-refractivity contribution >= 4 is 5.97 Å². The minimum absolute atomic E-state index is 0.285. The van der Waals surface area contributed by atoms with Gasteiger partial charge in [-0.05, 0) is 19.1 Å². The molecular formula is C17H24O6. The van der Waals surface area contributed by atoms with Crippen molar-refractivity contribution in [2.24, 2.45) is 0 Å². The molecule has 6 heteroatoms. The molecule has 1 aromatic carbocycles. The molecule has 1 fully saturated rings. The Hall–Kier alpha value is -1.47. The van der Waals surface area contributed by atoms with Gasteiger partial charge in [-0.1, -0.05) is 18.2 Å². The van der Waals surface area contributed by atoms with Crippen molar-refractivity contribution in [3.05, 3.63) is 35.9 Å².